The van der Waals surface area contributed by atoms with E-state index in [-0.39, 0.29) is 24.0 Å². The summed E-state index contributed by atoms with van der Waals surface area (Å²) in [6.45, 7) is 4.97. The smallest absolute Gasteiger partial charge is 0.325 e. The number of piperidine rings is 1. The van der Waals surface area contributed by atoms with Gasteiger partial charge in [0.05, 0.1) is 24.7 Å². The van der Waals surface area contributed by atoms with Crippen LogP contribution in [-0.4, -0.2) is 61.5 Å². The second kappa shape index (κ2) is 10.9. The fraction of sp³-hybridized carbons (Fsp3) is 0.481. The summed E-state index contributed by atoms with van der Waals surface area (Å²) in [5.41, 5.74) is 3.32. The quantitative estimate of drug-likeness (QED) is 0.529. The summed E-state index contributed by atoms with van der Waals surface area (Å²) >= 11 is 6.42. The Morgan fingerprint density at radius 2 is 1.85 bits per heavy atom. The number of likely N-dealkylation sites (tertiary alicyclic amines) is 1. The predicted octanol–water partition coefficient (Wildman–Crippen LogP) is 4.04. The van der Waals surface area contributed by atoms with Gasteiger partial charge in [-0.1, -0.05) is 54.1 Å². The van der Waals surface area contributed by atoms with Gasteiger partial charge in [-0.25, -0.2) is 0 Å². The minimum Gasteiger partial charge on any atom is -0.465 e. The molecule has 0 radical (unpaired) electrons. The van der Waals surface area contributed by atoms with E-state index < -0.39 is 5.97 Å². The Morgan fingerprint density at radius 1 is 1.15 bits per heavy atom. The molecule has 1 spiro atoms. The van der Waals surface area contributed by atoms with Crippen molar-refractivity contribution in [1.29, 1.82) is 0 Å². The number of rotatable bonds is 8. The van der Waals surface area contributed by atoms with Crippen LogP contribution >= 0.6 is 11.6 Å². The number of halogens is 1. The fourth-order valence-electron chi connectivity index (χ4n) is 5.16. The average Bonchev–Trinajstić information content (AvgIpc) is 3.19. The van der Waals surface area contributed by atoms with Gasteiger partial charge in [-0.2, -0.15) is 0 Å². The van der Waals surface area contributed by atoms with Crippen molar-refractivity contribution in [3.8, 4) is 0 Å². The van der Waals surface area contributed by atoms with Crippen LogP contribution in [0.2, 0.25) is 5.02 Å². The molecule has 34 heavy (non-hydrogen) atoms. The number of amides is 1. The summed E-state index contributed by atoms with van der Waals surface area (Å²) in [6.07, 6.45) is 2.32. The minimum atomic E-state index is -0.396. The van der Waals surface area contributed by atoms with Crippen molar-refractivity contribution < 1.29 is 19.1 Å². The molecule has 6 nitrogen and oxygen atoms in total. The number of fused-ring (bicyclic) bond motifs is 2. The molecule has 0 aliphatic carbocycles. The van der Waals surface area contributed by atoms with Crippen LogP contribution in [0, 0.1) is 5.92 Å². The second-order valence-corrected chi connectivity index (χ2v) is 9.64. The third-order valence-corrected chi connectivity index (χ3v) is 7.34. The molecule has 1 fully saturated rings. The molecular formula is C27H33ClN2O4. The predicted molar refractivity (Wildman–Crippen MR) is 131 cm³/mol. The molecule has 0 bridgehead atoms. The first kappa shape index (κ1) is 24.7. The third kappa shape index (κ3) is 5.45. The van der Waals surface area contributed by atoms with Crippen molar-refractivity contribution in [2.24, 2.45) is 5.92 Å². The molecule has 4 rings (SSSR count). The SMILES string of the molecule is CCOC(=O)CN(C)C(=O)C(Cc1ccccc1Cl)CN1CCC2(CC1)OCc1ccccc12. The maximum Gasteiger partial charge on any atom is 0.325 e. The molecule has 1 amide bonds. The van der Waals surface area contributed by atoms with E-state index in [1.54, 1.807) is 14.0 Å². The van der Waals surface area contributed by atoms with Gasteiger partial charge in [0, 0.05) is 31.7 Å². The molecule has 1 saturated heterocycles. The monoisotopic (exact) mass is 484 g/mol. The van der Waals surface area contributed by atoms with E-state index in [0.717, 1.165) is 31.5 Å². The standard InChI is InChI=1S/C27H33ClN2O4/c1-3-33-25(31)18-29(2)26(32)22(16-20-8-5-7-11-24(20)28)17-30-14-12-27(13-15-30)23-10-6-4-9-21(23)19-34-27/h4-11,22H,3,12-19H2,1-2H3. The molecule has 1 atom stereocenters. The Labute approximate surface area is 206 Å². The van der Waals surface area contributed by atoms with Crippen molar-refractivity contribution in [3.63, 3.8) is 0 Å². The number of hydrogen-bond acceptors (Lipinski definition) is 5. The van der Waals surface area contributed by atoms with E-state index in [4.69, 9.17) is 21.1 Å². The van der Waals surface area contributed by atoms with Gasteiger partial charge >= 0.3 is 5.97 Å². The zero-order valence-electron chi connectivity index (χ0n) is 20.0. The van der Waals surface area contributed by atoms with Crippen LogP contribution in [0.3, 0.4) is 0 Å². The Morgan fingerprint density at radius 3 is 2.59 bits per heavy atom. The van der Waals surface area contributed by atoms with E-state index in [0.29, 0.717) is 31.2 Å². The van der Waals surface area contributed by atoms with Crippen LogP contribution in [0.5, 0.6) is 0 Å². The van der Waals surface area contributed by atoms with E-state index in [9.17, 15) is 9.59 Å². The van der Waals surface area contributed by atoms with E-state index in [1.165, 1.54) is 16.0 Å². The zero-order valence-corrected chi connectivity index (χ0v) is 20.7. The normalized spacial score (nSPS) is 17.9. The first-order valence-electron chi connectivity index (χ1n) is 12.0. The molecule has 2 aromatic carbocycles. The lowest BCUT2D eigenvalue weighted by atomic mass is 9.83. The summed E-state index contributed by atoms with van der Waals surface area (Å²) < 4.78 is 11.3. The van der Waals surface area contributed by atoms with Gasteiger partial charge in [0.2, 0.25) is 5.91 Å². The Balaban J connectivity index is 1.45. The summed E-state index contributed by atoms with van der Waals surface area (Å²) in [5, 5.41) is 0.655. The first-order chi connectivity index (χ1) is 16.4. The van der Waals surface area contributed by atoms with Crippen molar-refractivity contribution in [3.05, 3.63) is 70.2 Å². The van der Waals surface area contributed by atoms with Crippen molar-refractivity contribution >= 4 is 23.5 Å². The molecule has 0 aromatic heterocycles. The molecule has 182 valence electrons. The van der Waals surface area contributed by atoms with Crippen molar-refractivity contribution in [2.75, 3.05) is 39.8 Å². The Hall–Kier alpha value is -2.41. The van der Waals surface area contributed by atoms with E-state index >= 15 is 0 Å². The van der Waals surface area contributed by atoms with Gasteiger partial charge in [-0.3, -0.25) is 9.59 Å². The highest BCUT2D eigenvalue weighted by atomic mass is 35.5. The number of likely N-dealkylation sites (N-methyl/N-ethyl adjacent to an activating group) is 1. The van der Waals surface area contributed by atoms with Crippen LogP contribution < -0.4 is 0 Å². The minimum absolute atomic E-state index is 0.0561. The molecule has 2 heterocycles. The Kier molecular flexibility index (Phi) is 7.91. The van der Waals surface area contributed by atoms with Gasteiger partial charge in [0.25, 0.3) is 0 Å². The number of ether oxygens (including phenoxy) is 2. The molecule has 2 aliphatic heterocycles. The highest BCUT2D eigenvalue weighted by Gasteiger charge is 2.43. The van der Waals surface area contributed by atoms with Crippen LogP contribution in [-0.2, 0) is 37.7 Å². The molecular weight excluding hydrogens is 452 g/mol. The molecule has 0 saturated carbocycles. The molecule has 7 heteroatoms. The second-order valence-electron chi connectivity index (χ2n) is 9.23. The number of hydrogen-bond donors (Lipinski definition) is 0. The number of benzene rings is 2. The topological polar surface area (TPSA) is 59.1 Å². The van der Waals surface area contributed by atoms with E-state index in [1.807, 2.05) is 24.3 Å². The lowest BCUT2D eigenvalue weighted by Gasteiger charge is -2.40. The zero-order chi connectivity index (χ0) is 24.1. The summed E-state index contributed by atoms with van der Waals surface area (Å²) in [4.78, 5) is 29.2. The largest absolute Gasteiger partial charge is 0.465 e. The maximum absolute atomic E-state index is 13.4. The van der Waals surface area contributed by atoms with Crippen molar-refractivity contribution in [2.45, 2.75) is 38.4 Å². The molecule has 2 aromatic rings. The van der Waals surface area contributed by atoms with Crippen LogP contribution in [0.15, 0.2) is 48.5 Å². The number of esters is 1. The van der Waals surface area contributed by atoms with Crippen LogP contribution in [0.25, 0.3) is 0 Å². The van der Waals surface area contributed by atoms with Crippen molar-refractivity contribution in [1.82, 2.24) is 9.80 Å². The van der Waals surface area contributed by atoms with Gasteiger partial charge in [0.15, 0.2) is 0 Å². The fourth-order valence-corrected chi connectivity index (χ4v) is 5.37. The van der Waals surface area contributed by atoms with Gasteiger partial charge in [-0.05, 0) is 48.9 Å². The highest BCUT2D eigenvalue weighted by molar-refractivity contribution is 6.31. The maximum atomic E-state index is 13.4. The lowest BCUT2D eigenvalue weighted by molar-refractivity contribution is -0.149. The van der Waals surface area contributed by atoms with Crippen LogP contribution in [0.1, 0.15) is 36.5 Å². The van der Waals surface area contributed by atoms with Crippen LogP contribution in [0.4, 0.5) is 0 Å². The number of carbonyl (C=O) groups excluding carboxylic acids is 2. The van der Waals surface area contributed by atoms with E-state index in [2.05, 4.69) is 29.2 Å². The Bertz CT molecular complexity index is 1020. The molecule has 2 aliphatic rings. The summed E-state index contributed by atoms with van der Waals surface area (Å²) in [7, 11) is 1.66. The molecule has 0 N–H and O–H groups in total. The highest BCUT2D eigenvalue weighted by Crippen LogP contribution is 2.44. The average molecular weight is 485 g/mol. The lowest BCUT2D eigenvalue weighted by Crippen LogP contribution is -2.47. The summed E-state index contributed by atoms with van der Waals surface area (Å²) in [5.74, 6) is -0.785. The van der Waals surface area contributed by atoms with Gasteiger partial charge in [0.1, 0.15) is 6.54 Å². The number of carbonyl (C=O) groups is 2. The van der Waals surface area contributed by atoms with Gasteiger partial charge < -0.3 is 19.3 Å². The molecule has 1 unspecified atom stereocenters. The summed E-state index contributed by atoms with van der Waals surface area (Å²) in [6, 6.07) is 16.1. The third-order valence-electron chi connectivity index (χ3n) is 6.98. The first-order valence-corrected chi connectivity index (χ1v) is 12.4. The number of nitrogens with zero attached hydrogens (tertiary/aromatic N) is 2. The van der Waals surface area contributed by atoms with Gasteiger partial charge in [-0.15, -0.1) is 0 Å².